The fourth-order valence-electron chi connectivity index (χ4n) is 3.15. The van der Waals surface area contributed by atoms with Gasteiger partial charge >= 0.3 is 0 Å². The van der Waals surface area contributed by atoms with Crippen LogP contribution < -0.4 is 10.7 Å². The second-order valence-corrected chi connectivity index (χ2v) is 5.99. The quantitative estimate of drug-likeness (QED) is 0.869. The normalized spacial score (nSPS) is 28.4. The van der Waals surface area contributed by atoms with E-state index in [0.29, 0.717) is 0 Å². The molecule has 1 fully saturated rings. The summed E-state index contributed by atoms with van der Waals surface area (Å²) in [6, 6.07) is 7.93. The van der Waals surface area contributed by atoms with Gasteiger partial charge < -0.3 is 10.7 Å². The van der Waals surface area contributed by atoms with Crippen LogP contribution in [0.5, 0.6) is 0 Å². The van der Waals surface area contributed by atoms with E-state index in [-0.39, 0.29) is 17.4 Å². The van der Waals surface area contributed by atoms with Gasteiger partial charge in [0, 0.05) is 24.2 Å². The summed E-state index contributed by atoms with van der Waals surface area (Å²) in [5.74, 6) is 0.288. The number of aryl methyl sites for hydroxylation is 1. The number of amides is 1. The largest absolute Gasteiger partial charge is 0.326 e. The molecule has 106 valence electrons. The van der Waals surface area contributed by atoms with Crippen LogP contribution in [0.25, 0.3) is 0 Å². The van der Waals surface area contributed by atoms with Crippen molar-refractivity contribution >= 4 is 17.8 Å². The molecule has 4 nitrogen and oxygen atoms in total. The van der Waals surface area contributed by atoms with E-state index in [4.69, 9.17) is 0 Å². The minimum atomic E-state index is 0.127. The Kier molecular flexibility index (Phi) is 3.47. The molecule has 2 N–H and O–H groups in total. The van der Waals surface area contributed by atoms with E-state index in [1.807, 2.05) is 37.4 Å². The minimum absolute atomic E-state index is 0.127. The van der Waals surface area contributed by atoms with Crippen LogP contribution in [0.1, 0.15) is 37.7 Å². The lowest BCUT2D eigenvalue weighted by Crippen LogP contribution is -2.44. The van der Waals surface area contributed by atoms with Crippen LogP contribution in [0.3, 0.4) is 0 Å². The summed E-state index contributed by atoms with van der Waals surface area (Å²) >= 11 is 0. The summed E-state index contributed by atoms with van der Waals surface area (Å²) < 4.78 is 0. The molecule has 20 heavy (non-hydrogen) atoms. The molecule has 1 aromatic carbocycles. The van der Waals surface area contributed by atoms with E-state index < -0.39 is 0 Å². The van der Waals surface area contributed by atoms with Crippen molar-refractivity contribution in [2.45, 2.75) is 44.6 Å². The van der Waals surface area contributed by atoms with E-state index in [1.165, 1.54) is 0 Å². The van der Waals surface area contributed by atoms with Gasteiger partial charge in [0.1, 0.15) is 0 Å². The Bertz CT molecular complexity index is 520. The summed E-state index contributed by atoms with van der Waals surface area (Å²) in [7, 11) is 0. The molecule has 1 aromatic rings. The van der Waals surface area contributed by atoms with Crippen LogP contribution in [-0.2, 0) is 4.79 Å². The average Bonchev–Trinajstić information content (AvgIpc) is 2.90. The maximum atomic E-state index is 12.4. The number of carbonyl (C=O) groups is 1. The van der Waals surface area contributed by atoms with E-state index in [9.17, 15) is 4.79 Å². The lowest BCUT2D eigenvalue weighted by Gasteiger charge is -2.36. The van der Waals surface area contributed by atoms with Crippen molar-refractivity contribution in [3.63, 3.8) is 0 Å². The predicted molar refractivity (Wildman–Crippen MR) is 80.7 cm³/mol. The molecule has 1 saturated carbocycles. The highest BCUT2D eigenvalue weighted by atomic mass is 16.1. The molecule has 0 aromatic heterocycles. The Morgan fingerprint density at radius 1 is 1.35 bits per heavy atom. The SMILES string of the molecule is Cc1ccccc1NC(=O)C1CCC2(CC=NN2)CC1. The molecule has 1 aliphatic carbocycles. The number of hydrogen-bond acceptors (Lipinski definition) is 3. The van der Waals surface area contributed by atoms with Crippen molar-refractivity contribution in [3.8, 4) is 0 Å². The first-order valence-electron chi connectivity index (χ1n) is 7.34. The lowest BCUT2D eigenvalue weighted by atomic mass is 9.75. The van der Waals surface area contributed by atoms with Gasteiger partial charge in [0.2, 0.25) is 5.91 Å². The first-order valence-corrected chi connectivity index (χ1v) is 7.34. The Balaban J connectivity index is 1.58. The van der Waals surface area contributed by atoms with Gasteiger partial charge in [0.15, 0.2) is 0 Å². The van der Waals surface area contributed by atoms with Gasteiger partial charge in [0.05, 0.1) is 5.54 Å². The molecular weight excluding hydrogens is 250 g/mol. The molecule has 1 amide bonds. The highest BCUT2D eigenvalue weighted by Crippen LogP contribution is 2.36. The molecule has 4 heteroatoms. The monoisotopic (exact) mass is 271 g/mol. The summed E-state index contributed by atoms with van der Waals surface area (Å²) in [6.45, 7) is 2.02. The molecule has 1 heterocycles. The lowest BCUT2D eigenvalue weighted by molar-refractivity contribution is -0.121. The van der Waals surface area contributed by atoms with Crippen LogP contribution >= 0.6 is 0 Å². The molecule has 0 saturated heterocycles. The fraction of sp³-hybridized carbons (Fsp3) is 0.500. The third-order valence-electron chi connectivity index (χ3n) is 4.59. The second-order valence-electron chi connectivity index (χ2n) is 5.99. The van der Waals surface area contributed by atoms with E-state index in [0.717, 1.165) is 43.4 Å². The Morgan fingerprint density at radius 2 is 2.10 bits per heavy atom. The van der Waals surface area contributed by atoms with Crippen molar-refractivity contribution in [1.82, 2.24) is 5.43 Å². The number of hydrogen-bond donors (Lipinski definition) is 2. The van der Waals surface area contributed by atoms with Gasteiger partial charge in [-0.1, -0.05) is 18.2 Å². The predicted octanol–water partition coefficient (Wildman–Crippen LogP) is 2.84. The van der Waals surface area contributed by atoms with Gasteiger partial charge in [0.25, 0.3) is 0 Å². The van der Waals surface area contributed by atoms with Crippen molar-refractivity contribution in [2.24, 2.45) is 11.0 Å². The van der Waals surface area contributed by atoms with Gasteiger partial charge in [-0.2, -0.15) is 5.10 Å². The molecule has 1 spiro atoms. The zero-order valence-corrected chi connectivity index (χ0v) is 11.9. The summed E-state index contributed by atoms with van der Waals surface area (Å²) in [5, 5.41) is 7.20. The van der Waals surface area contributed by atoms with Crippen LogP contribution in [0, 0.1) is 12.8 Å². The average molecular weight is 271 g/mol. The molecule has 3 rings (SSSR count). The zero-order chi connectivity index (χ0) is 14.0. The molecule has 0 unspecified atom stereocenters. The Hall–Kier alpha value is -1.84. The van der Waals surface area contributed by atoms with Crippen molar-refractivity contribution < 1.29 is 4.79 Å². The van der Waals surface area contributed by atoms with Gasteiger partial charge in [-0.3, -0.25) is 4.79 Å². The van der Waals surface area contributed by atoms with Crippen LogP contribution in [0.15, 0.2) is 29.4 Å². The summed E-state index contributed by atoms with van der Waals surface area (Å²) in [4.78, 5) is 12.4. The van der Waals surface area contributed by atoms with Crippen molar-refractivity contribution in [2.75, 3.05) is 5.32 Å². The molecule has 1 aliphatic heterocycles. The number of nitrogens with one attached hydrogen (secondary N) is 2. The number of nitrogens with zero attached hydrogens (tertiary/aromatic N) is 1. The highest BCUT2D eigenvalue weighted by Gasteiger charge is 2.38. The number of anilines is 1. The first kappa shape index (κ1) is 13.2. The molecular formula is C16H21N3O. The van der Waals surface area contributed by atoms with E-state index in [2.05, 4.69) is 15.8 Å². The topological polar surface area (TPSA) is 53.5 Å². The number of hydrazone groups is 1. The van der Waals surface area contributed by atoms with Gasteiger partial charge in [-0.25, -0.2) is 0 Å². The summed E-state index contributed by atoms with van der Waals surface area (Å²) in [5.41, 5.74) is 5.41. The number of rotatable bonds is 2. The highest BCUT2D eigenvalue weighted by molar-refractivity contribution is 5.93. The van der Waals surface area contributed by atoms with Crippen LogP contribution in [0.4, 0.5) is 5.69 Å². The van der Waals surface area contributed by atoms with E-state index in [1.54, 1.807) is 0 Å². The summed E-state index contributed by atoms with van der Waals surface area (Å²) in [6.07, 6.45) is 6.88. The zero-order valence-electron chi connectivity index (χ0n) is 11.9. The second kappa shape index (κ2) is 5.27. The number of carbonyl (C=O) groups excluding carboxylic acids is 1. The molecule has 0 radical (unpaired) electrons. The van der Waals surface area contributed by atoms with Crippen molar-refractivity contribution in [3.05, 3.63) is 29.8 Å². The van der Waals surface area contributed by atoms with Gasteiger partial charge in [-0.05, 0) is 44.2 Å². The van der Waals surface area contributed by atoms with Crippen LogP contribution in [0.2, 0.25) is 0 Å². The maximum Gasteiger partial charge on any atom is 0.227 e. The Labute approximate surface area is 119 Å². The smallest absolute Gasteiger partial charge is 0.227 e. The molecule has 0 bridgehead atoms. The third kappa shape index (κ3) is 2.55. The molecule has 2 aliphatic rings. The number of benzene rings is 1. The van der Waals surface area contributed by atoms with E-state index >= 15 is 0 Å². The van der Waals surface area contributed by atoms with Crippen molar-refractivity contribution in [1.29, 1.82) is 0 Å². The first-order chi connectivity index (χ1) is 9.69. The Morgan fingerprint density at radius 3 is 2.75 bits per heavy atom. The number of para-hydroxylation sites is 1. The standard InChI is InChI=1S/C16H21N3O/c1-12-4-2-3-5-14(12)18-15(20)13-6-8-16(9-7-13)10-11-17-19-16/h2-5,11,13,19H,6-10H2,1H3,(H,18,20). The maximum absolute atomic E-state index is 12.4. The fourth-order valence-corrected chi connectivity index (χ4v) is 3.15. The third-order valence-corrected chi connectivity index (χ3v) is 4.59. The van der Waals surface area contributed by atoms with Gasteiger partial charge in [-0.15, -0.1) is 0 Å². The minimum Gasteiger partial charge on any atom is -0.326 e. The molecule has 0 atom stereocenters. The van der Waals surface area contributed by atoms with Crippen LogP contribution in [-0.4, -0.2) is 17.7 Å².